The van der Waals surface area contributed by atoms with Crippen LogP contribution in [0, 0.1) is 0 Å². The molecule has 0 aromatic carbocycles. The van der Waals surface area contributed by atoms with E-state index in [1.54, 1.807) is 7.11 Å². The van der Waals surface area contributed by atoms with E-state index in [0.29, 0.717) is 5.00 Å². The Morgan fingerprint density at radius 3 is 2.71 bits per heavy atom. The molecule has 0 unspecified atom stereocenters. The Hall–Kier alpha value is -0.860. The van der Waals surface area contributed by atoms with Gasteiger partial charge in [-0.1, -0.05) is 0 Å². The van der Waals surface area contributed by atoms with Gasteiger partial charge in [-0.05, 0) is 24.4 Å². The third kappa shape index (κ3) is 2.53. The first-order chi connectivity index (χ1) is 7.91. The number of anilines is 2. The van der Waals surface area contributed by atoms with E-state index in [1.807, 2.05) is 0 Å². The fourth-order valence-electron chi connectivity index (χ4n) is 1.81. The minimum atomic E-state index is -3.34. The smallest absolute Gasteiger partial charge is 0.182 e. The van der Waals surface area contributed by atoms with Crippen LogP contribution in [0.25, 0.3) is 0 Å². The molecule has 0 bridgehead atoms. The third-order valence-electron chi connectivity index (χ3n) is 2.81. The first-order valence-electron chi connectivity index (χ1n) is 5.16. The van der Waals surface area contributed by atoms with Crippen LogP contribution in [0.15, 0.2) is 4.90 Å². The summed E-state index contributed by atoms with van der Waals surface area (Å²) in [6.45, 7) is 0. The Labute approximate surface area is 104 Å². The van der Waals surface area contributed by atoms with Crippen molar-refractivity contribution in [2.75, 3.05) is 24.4 Å². The molecule has 3 N–H and O–H groups in total. The van der Waals surface area contributed by atoms with Crippen molar-refractivity contribution in [3.8, 4) is 0 Å². The molecule has 1 aromatic rings. The lowest BCUT2D eigenvalue weighted by molar-refractivity contribution is 0.0329. The van der Waals surface area contributed by atoms with Crippen molar-refractivity contribution in [2.45, 2.75) is 29.9 Å². The fraction of sp³-hybridized carbons (Fsp3) is 0.667. The number of aromatic nitrogens is 1. The summed E-state index contributed by atoms with van der Waals surface area (Å²) in [4.78, 5) is 0.114. The molecule has 2 rings (SSSR count). The second-order valence-corrected chi connectivity index (χ2v) is 6.89. The molecule has 0 spiro atoms. The second kappa shape index (κ2) is 4.43. The van der Waals surface area contributed by atoms with E-state index in [1.165, 1.54) is 0 Å². The summed E-state index contributed by atoms with van der Waals surface area (Å²) < 4.78 is 32.2. The highest BCUT2D eigenvalue weighted by atomic mass is 32.2. The van der Waals surface area contributed by atoms with E-state index < -0.39 is 9.84 Å². The summed E-state index contributed by atoms with van der Waals surface area (Å²) in [7, 11) is -1.67. The molecule has 1 aliphatic rings. The maximum absolute atomic E-state index is 11.6. The van der Waals surface area contributed by atoms with Gasteiger partial charge in [0.05, 0.1) is 6.10 Å². The average Bonchev–Trinajstić information content (AvgIpc) is 2.51. The number of ether oxygens (including phenoxy) is 1. The predicted molar refractivity (Wildman–Crippen MR) is 67.1 cm³/mol. The molecule has 0 saturated heterocycles. The van der Waals surface area contributed by atoms with E-state index in [-0.39, 0.29) is 22.9 Å². The van der Waals surface area contributed by atoms with Crippen LogP contribution in [0.4, 0.5) is 10.8 Å². The molecule has 8 heteroatoms. The number of hydrogen-bond acceptors (Lipinski definition) is 7. The summed E-state index contributed by atoms with van der Waals surface area (Å²) in [5.41, 5.74) is 5.57. The van der Waals surface area contributed by atoms with Crippen LogP contribution in [-0.2, 0) is 14.6 Å². The van der Waals surface area contributed by atoms with Gasteiger partial charge in [-0.15, -0.1) is 0 Å². The van der Waals surface area contributed by atoms with Crippen LogP contribution in [0.5, 0.6) is 0 Å². The highest BCUT2D eigenvalue weighted by molar-refractivity contribution is 7.91. The van der Waals surface area contributed by atoms with Gasteiger partial charge in [0.2, 0.25) is 0 Å². The number of hydrogen-bond donors (Lipinski definition) is 2. The Kier molecular flexibility index (Phi) is 3.28. The maximum atomic E-state index is 11.6. The van der Waals surface area contributed by atoms with Crippen LogP contribution in [0.2, 0.25) is 0 Å². The van der Waals surface area contributed by atoms with E-state index >= 15 is 0 Å². The number of nitrogens with one attached hydrogen (secondary N) is 1. The number of nitrogen functional groups attached to an aromatic ring is 1. The monoisotopic (exact) mass is 277 g/mol. The SMILES string of the molecule is COC1CC(Nc2snc(N)c2S(C)(=O)=O)C1. The zero-order valence-electron chi connectivity index (χ0n) is 9.63. The maximum Gasteiger partial charge on any atom is 0.182 e. The van der Waals surface area contributed by atoms with Crippen LogP contribution in [0.1, 0.15) is 12.8 Å². The van der Waals surface area contributed by atoms with Crippen molar-refractivity contribution < 1.29 is 13.2 Å². The topological polar surface area (TPSA) is 94.3 Å². The third-order valence-corrected chi connectivity index (χ3v) is 4.88. The fourth-order valence-corrected chi connectivity index (χ4v) is 3.94. The summed E-state index contributed by atoms with van der Waals surface area (Å²) >= 11 is 1.08. The van der Waals surface area contributed by atoms with Gasteiger partial charge in [0.15, 0.2) is 15.7 Å². The van der Waals surface area contributed by atoms with E-state index in [4.69, 9.17) is 10.5 Å². The molecular formula is C9H15N3O3S2. The first kappa shape index (κ1) is 12.6. The minimum Gasteiger partial charge on any atom is -0.382 e. The van der Waals surface area contributed by atoms with Gasteiger partial charge in [-0.25, -0.2) is 8.42 Å². The zero-order chi connectivity index (χ0) is 12.6. The molecule has 1 aliphatic carbocycles. The van der Waals surface area contributed by atoms with E-state index in [0.717, 1.165) is 30.6 Å². The van der Waals surface area contributed by atoms with Crippen molar-refractivity contribution in [2.24, 2.45) is 0 Å². The lowest BCUT2D eigenvalue weighted by Crippen LogP contribution is -2.40. The molecule has 1 aromatic heterocycles. The molecule has 17 heavy (non-hydrogen) atoms. The number of rotatable bonds is 4. The van der Waals surface area contributed by atoms with Crippen molar-refractivity contribution in [3.05, 3.63) is 0 Å². The molecule has 1 fully saturated rings. The summed E-state index contributed by atoms with van der Waals surface area (Å²) in [6.07, 6.45) is 3.14. The van der Waals surface area contributed by atoms with Crippen LogP contribution in [0.3, 0.4) is 0 Å². The number of nitrogens with two attached hydrogens (primary N) is 1. The number of nitrogens with zero attached hydrogens (tertiary/aromatic N) is 1. The van der Waals surface area contributed by atoms with Crippen molar-refractivity contribution >= 4 is 32.2 Å². The Bertz CT molecular complexity index is 506. The van der Waals surface area contributed by atoms with Gasteiger partial charge in [0.25, 0.3) is 0 Å². The summed E-state index contributed by atoms with van der Waals surface area (Å²) in [6, 6.07) is 0.236. The molecule has 96 valence electrons. The van der Waals surface area contributed by atoms with Crippen LogP contribution in [-0.4, -0.2) is 38.3 Å². The van der Waals surface area contributed by atoms with Crippen molar-refractivity contribution in [1.82, 2.24) is 4.37 Å². The molecule has 0 aliphatic heterocycles. The number of methoxy groups -OCH3 is 1. The first-order valence-corrected chi connectivity index (χ1v) is 7.83. The van der Waals surface area contributed by atoms with Crippen molar-refractivity contribution in [1.29, 1.82) is 0 Å². The standard InChI is InChI=1S/C9H15N3O3S2/c1-15-6-3-5(4-6)11-9-7(17(2,13)14)8(10)12-16-9/h5-6,11H,3-4H2,1-2H3,(H2,10,12). The largest absolute Gasteiger partial charge is 0.382 e. The molecule has 0 atom stereocenters. The molecule has 1 heterocycles. The highest BCUT2D eigenvalue weighted by Crippen LogP contribution is 2.35. The average molecular weight is 277 g/mol. The van der Waals surface area contributed by atoms with Gasteiger partial charge >= 0.3 is 0 Å². The lowest BCUT2D eigenvalue weighted by atomic mass is 9.89. The van der Waals surface area contributed by atoms with E-state index in [2.05, 4.69) is 9.69 Å². The molecule has 0 radical (unpaired) electrons. The number of sulfone groups is 1. The van der Waals surface area contributed by atoms with Gasteiger partial charge in [0.1, 0.15) is 9.90 Å². The van der Waals surface area contributed by atoms with Crippen LogP contribution < -0.4 is 11.1 Å². The van der Waals surface area contributed by atoms with Gasteiger partial charge in [0, 0.05) is 19.4 Å². The van der Waals surface area contributed by atoms with Gasteiger partial charge in [-0.3, -0.25) is 0 Å². The van der Waals surface area contributed by atoms with Crippen LogP contribution >= 0.6 is 11.5 Å². The lowest BCUT2D eigenvalue weighted by Gasteiger charge is -2.34. The highest BCUT2D eigenvalue weighted by Gasteiger charge is 2.31. The Morgan fingerprint density at radius 2 is 2.18 bits per heavy atom. The molecule has 0 amide bonds. The molecule has 1 saturated carbocycles. The molecular weight excluding hydrogens is 262 g/mol. The Morgan fingerprint density at radius 1 is 1.53 bits per heavy atom. The quantitative estimate of drug-likeness (QED) is 0.842. The predicted octanol–water partition coefficient (Wildman–Crippen LogP) is 0.718. The van der Waals surface area contributed by atoms with Crippen molar-refractivity contribution in [3.63, 3.8) is 0 Å². The van der Waals surface area contributed by atoms with Gasteiger partial charge in [-0.2, -0.15) is 4.37 Å². The molecule has 6 nitrogen and oxygen atoms in total. The summed E-state index contributed by atoms with van der Waals surface area (Å²) in [5, 5.41) is 3.69. The second-order valence-electron chi connectivity index (χ2n) is 4.17. The summed E-state index contributed by atoms with van der Waals surface area (Å²) in [5.74, 6) is 0.0719. The van der Waals surface area contributed by atoms with Gasteiger partial charge < -0.3 is 15.8 Å². The Balaban J connectivity index is 2.13. The zero-order valence-corrected chi connectivity index (χ0v) is 11.3. The minimum absolute atomic E-state index is 0.0719. The normalized spacial score (nSPS) is 24.4. The van der Waals surface area contributed by atoms with E-state index in [9.17, 15) is 8.42 Å².